The number of carbonyl (C=O) groups excluding carboxylic acids is 1. The van der Waals surface area contributed by atoms with Crippen molar-refractivity contribution in [3.63, 3.8) is 0 Å². The number of nitrogens with zero attached hydrogens (tertiary/aromatic N) is 2. The van der Waals surface area contributed by atoms with Crippen molar-refractivity contribution in [2.75, 3.05) is 31.3 Å². The second-order valence-electron chi connectivity index (χ2n) is 3.63. The van der Waals surface area contributed by atoms with E-state index >= 15 is 0 Å². The van der Waals surface area contributed by atoms with Crippen LogP contribution in [0.4, 0.5) is 5.82 Å². The normalized spacial score (nSPS) is 10.4. The van der Waals surface area contributed by atoms with E-state index in [1.165, 1.54) is 18.0 Å². The van der Waals surface area contributed by atoms with Crippen molar-refractivity contribution in [3.8, 4) is 0 Å². The molecule has 0 amide bonds. The molecule has 0 aliphatic heterocycles. The fraction of sp³-hybridized carbons (Fsp3) is 0.583. The van der Waals surface area contributed by atoms with Crippen LogP contribution in [0.3, 0.4) is 0 Å². The third-order valence-electron chi connectivity index (χ3n) is 2.10. The van der Waals surface area contributed by atoms with Crippen LogP contribution in [-0.2, 0) is 9.47 Å². The summed E-state index contributed by atoms with van der Waals surface area (Å²) in [6, 6.07) is 0. The Kier molecular flexibility index (Phi) is 7.20. The molecule has 0 unspecified atom stereocenters. The Morgan fingerprint density at radius 1 is 1.42 bits per heavy atom. The molecule has 6 nitrogen and oxygen atoms in total. The predicted octanol–water partition coefficient (Wildman–Crippen LogP) is 1.75. The molecular formula is C12H19N3O3S. The number of rotatable bonds is 8. The quantitative estimate of drug-likeness (QED) is 0.337. The van der Waals surface area contributed by atoms with Crippen molar-refractivity contribution in [3.05, 3.63) is 11.8 Å². The zero-order valence-electron chi connectivity index (χ0n) is 11.2. The SMILES string of the molecule is CCCOCCSc1ncc(C(=O)OCC)c(N)n1. The highest BCUT2D eigenvalue weighted by atomic mass is 32.2. The largest absolute Gasteiger partial charge is 0.462 e. The summed E-state index contributed by atoms with van der Waals surface area (Å²) in [5, 5.41) is 0.533. The van der Waals surface area contributed by atoms with Gasteiger partial charge < -0.3 is 15.2 Å². The monoisotopic (exact) mass is 285 g/mol. The van der Waals surface area contributed by atoms with Crippen LogP contribution < -0.4 is 5.73 Å². The second kappa shape index (κ2) is 8.71. The number of esters is 1. The molecule has 0 atom stereocenters. The van der Waals surface area contributed by atoms with Gasteiger partial charge in [0.15, 0.2) is 5.16 Å². The first kappa shape index (κ1) is 15.7. The van der Waals surface area contributed by atoms with Crippen LogP contribution in [0, 0.1) is 0 Å². The maximum Gasteiger partial charge on any atom is 0.343 e. The Bertz CT molecular complexity index is 415. The number of aromatic nitrogens is 2. The van der Waals surface area contributed by atoms with Gasteiger partial charge in [0.2, 0.25) is 0 Å². The van der Waals surface area contributed by atoms with Crippen molar-refractivity contribution in [1.29, 1.82) is 0 Å². The molecule has 0 saturated carbocycles. The molecule has 7 heteroatoms. The molecule has 1 aromatic rings. The molecule has 0 spiro atoms. The molecule has 0 aliphatic rings. The molecule has 0 aromatic carbocycles. The molecule has 1 aromatic heterocycles. The van der Waals surface area contributed by atoms with Crippen molar-refractivity contribution in [2.45, 2.75) is 25.4 Å². The third kappa shape index (κ3) is 5.44. The zero-order chi connectivity index (χ0) is 14.1. The molecule has 0 fully saturated rings. The fourth-order valence-electron chi connectivity index (χ4n) is 1.25. The average molecular weight is 285 g/mol. The van der Waals surface area contributed by atoms with Crippen LogP contribution >= 0.6 is 11.8 Å². The molecule has 1 heterocycles. The minimum absolute atomic E-state index is 0.144. The number of hydrogen-bond acceptors (Lipinski definition) is 7. The lowest BCUT2D eigenvalue weighted by Crippen LogP contribution is -2.10. The summed E-state index contributed by atoms with van der Waals surface area (Å²) in [6.07, 6.45) is 2.40. The topological polar surface area (TPSA) is 87.3 Å². The van der Waals surface area contributed by atoms with Gasteiger partial charge in [-0.15, -0.1) is 0 Å². The standard InChI is InChI=1S/C12H19N3O3S/c1-3-5-17-6-7-19-12-14-8-9(10(13)15-12)11(16)18-4-2/h8H,3-7H2,1-2H3,(H2,13,14,15). The smallest absolute Gasteiger partial charge is 0.343 e. The van der Waals surface area contributed by atoms with Crippen LogP contribution in [0.25, 0.3) is 0 Å². The number of ether oxygens (including phenoxy) is 2. The van der Waals surface area contributed by atoms with Crippen LogP contribution in [0.5, 0.6) is 0 Å². The maximum absolute atomic E-state index is 11.5. The summed E-state index contributed by atoms with van der Waals surface area (Å²) in [6.45, 7) is 5.48. The summed E-state index contributed by atoms with van der Waals surface area (Å²) in [7, 11) is 0. The maximum atomic E-state index is 11.5. The van der Waals surface area contributed by atoms with E-state index in [4.69, 9.17) is 15.2 Å². The zero-order valence-corrected chi connectivity index (χ0v) is 12.0. The molecule has 1 rings (SSSR count). The number of nitrogens with two attached hydrogens (primary N) is 1. The Morgan fingerprint density at radius 3 is 2.84 bits per heavy atom. The molecule has 0 saturated heterocycles. The van der Waals surface area contributed by atoms with E-state index in [0.717, 1.165) is 18.8 Å². The van der Waals surface area contributed by atoms with Crippen LogP contribution in [0.1, 0.15) is 30.6 Å². The first-order valence-electron chi connectivity index (χ1n) is 6.19. The lowest BCUT2D eigenvalue weighted by molar-refractivity contribution is 0.0526. The average Bonchev–Trinajstić information content (AvgIpc) is 2.39. The third-order valence-corrected chi connectivity index (χ3v) is 2.92. The van der Waals surface area contributed by atoms with Gasteiger partial charge in [-0.05, 0) is 13.3 Å². The van der Waals surface area contributed by atoms with Crippen molar-refractivity contribution < 1.29 is 14.3 Å². The number of hydrogen-bond donors (Lipinski definition) is 1. The highest BCUT2D eigenvalue weighted by Gasteiger charge is 2.13. The molecule has 0 bridgehead atoms. The van der Waals surface area contributed by atoms with E-state index in [1.54, 1.807) is 6.92 Å². The van der Waals surface area contributed by atoms with Crippen LogP contribution in [-0.4, -0.2) is 41.5 Å². The summed E-state index contributed by atoms with van der Waals surface area (Å²) in [5.41, 5.74) is 5.91. The summed E-state index contributed by atoms with van der Waals surface area (Å²) >= 11 is 1.44. The van der Waals surface area contributed by atoms with Crippen LogP contribution in [0.2, 0.25) is 0 Å². The summed E-state index contributed by atoms with van der Waals surface area (Å²) < 4.78 is 10.2. The Hall–Kier alpha value is -1.34. The molecule has 0 aliphatic carbocycles. The van der Waals surface area contributed by atoms with Gasteiger partial charge in [0.05, 0.1) is 13.2 Å². The number of anilines is 1. The van der Waals surface area contributed by atoms with Crippen molar-refractivity contribution in [1.82, 2.24) is 9.97 Å². The Morgan fingerprint density at radius 2 is 2.21 bits per heavy atom. The van der Waals surface area contributed by atoms with Crippen molar-refractivity contribution in [2.24, 2.45) is 0 Å². The van der Waals surface area contributed by atoms with Gasteiger partial charge in [-0.1, -0.05) is 18.7 Å². The first-order valence-corrected chi connectivity index (χ1v) is 7.17. The molecule has 106 valence electrons. The van der Waals surface area contributed by atoms with Crippen molar-refractivity contribution >= 4 is 23.5 Å². The van der Waals surface area contributed by atoms with Gasteiger partial charge in [-0.2, -0.15) is 0 Å². The fourth-order valence-corrected chi connectivity index (χ4v) is 1.93. The lowest BCUT2D eigenvalue weighted by atomic mass is 10.3. The Balaban J connectivity index is 2.49. The van der Waals surface area contributed by atoms with Gasteiger partial charge in [0, 0.05) is 18.6 Å². The van der Waals surface area contributed by atoms with Gasteiger partial charge in [0.1, 0.15) is 11.4 Å². The number of carbonyl (C=O) groups is 1. The van der Waals surface area contributed by atoms with E-state index < -0.39 is 5.97 Å². The minimum atomic E-state index is -0.497. The highest BCUT2D eigenvalue weighted by molar-refractivity contribution is 7.99. The summed E-state index contributed by atoms with van der Waals surface area (Å²) in [4.78, 5) is 19.6. The highest BCUT2D eigenvalue weighted by Crippen LogP contribution is 2.16. The number of nitrogen functional groups attached to an aromatic ring is 1. The van der Waals surface area contributed by atoms with Gasteiger partial charge in [-0.25, -0.2) is 14.8 Å². The van der Waals surface area contributed by atoms with E-state index in [1.807, 2.05) is 0 Å². The second-order valence-corrected chi connectivity index (χ2v) is 4.69. The first-order chi connectivity index (χ1) is 9.19. The van der Waals surface area contributed by atoms with Gasteiger partial charge >= 0.3 is 5.97 Å². The van der Waals surface area contributed by atoms with Gasteiger partial charge in [-0.3, -0.25) is 0 Å². The number of thioether (sulfide) groups is 1. The van der Waals surface area contributed by atoms with E-state index in [0.29, 0.717) is 18.4 Å². The predicted molar refractivity (Wildman–Crippen MR) is 74.2 cm³/mol. The molecule has 0 radical (unpaired) electrons. The van der Waals surface area contributed by atoms with Gasteiger partial charge in [0.25, 0.3) is 0 Å². The molecule has 2 N–H and O–H groups in total. The Labute approximate surface area is 117 Å². The van der Waals surface area contributed by atoms with E-state index in [9.17, 15) is 4.79 Å². The minimum Gasteiger partial charge on any atom is -0.462 e. The molecular weight excluding hydrogens is 266 g/mol. The van der Waals surface area contributed by atoms with Crippen LogP contribution in [0.15, 0.2) is 11.4 Å². The lowest BCUT2D eigenvalue weighted by Gasteiger charge is -2.06. The summed E-state index contributed by atoms with van der Waals surface area (Å²) in [5.74, 6) is 0.395. The van der Waals surface area contributed by atoms with E-state index in [2.05, 4.69) is 16.9 Å². The molecule has 19 heavy (non-hydrogen) atoms. The van der Waals surface area contributed by atoms with E-state index in [-0.39, 0.29) is 11.4 Å².